The number of H-pyrrole nitrogens is 1. The molecule has 1 aliphatic rings. The van der Waals surface area contributed by atoms with E-state index in [2.05, 4.69) is 10.3 Å². The molecule has 3 rings (SSSR count). The van der Waals surface area contributed by atoms with E-state index in [0.717, 1.165) is 23.4 Å². The number of aromatic nitrogens is 1. The molecule has 4 N–H and O–H groups in total. The summed E-state index contributed by atoms with van der Waals surface area (Å²) in [6, 6.07) is 5.20. The largest absolute Gasteiger partial charge is 0.542 e. The van der Waals surface area contributed by atoms with Gasteiger partial charge in [-0.15, -0.1) is 0 Å². The highest BCUT2D eigenvalue weighted by Crippen LogP contribution is 2.30. The van der Waals surface area contributed by atoms with Gasteiger partial charge in [-0.3, -0.25) is 9.59 Å². The fourth-order valence-corrected chi connectivity index (χ4v) is 3.57. The van der Waals surface area contributed by atoms with Crippen molar-refractivity contribution in [1.82, 2.24) is 15.2 Å². The van der Waals surface area contributed by atoms with E-state index < -0.39 is 35.8 Å². The third-order valence-corrected chi connectivity index (χ3v) is 5.36. The lowest BCUT2D eigenvalue weighted by Gasteiger charge is -2.23. The Hall–Kier alpha value is -3.26. The molecule has 36 heavy (non-hydrogen) atoms. The summed E-state index contributed by atoms with van der Waals surface area (Å²) in [5, 5.41) is 12.1. The molecule has 1 aromatic heterocycles. The molecule has 1 fully saturated rings. The van der Waals surface area contributed by atoms with Gasteiger partial charge in [0, 0.05) is 30.9 Å². The number of aromatic amines is 1. The van der Waals surface area contributed by atoms with Crippen LogP contribution >= 0.6 is 11.6 Å². The van der Waals surface area contributed by atoms with Crippen LogP contribution in [-0.4, -0.2) is 46.4 Å². The van der Waals surface area contributed by atoms with Gasteiger partial charge in [0.05, 0.1) is 5.56 Å². The number of benzene rings is 1. The summed E-state index contributed by atoms with van der Waals surface area (Å²) in [6.45, 7) is 0.762. The number of halogens is 7. The Labute approximate surface area is 205 Å². The van der Waals surface area contributed by atoms with E-state index >= 15 is 0 Å². The van der Waals surface area contributed by atoms with Gasteiger partial charge in [0.1, 0.15) is 17.7 Å². The van der Waals surface area contributed by atoms with Crippen LogP contribution in [0.2, 0.25) is 5.02 Å². The smallest absolute Gasteiger partial charge is 0.430 e. The van der Waals surface area contributed by atoms with Gasteiger partial charge in [-0.2, -0.15) is 26.3 Å². The number of hydrogen-bond acceptors (Lipinski definition) is 5. The van der Waals surface area contributed by atoms with Gasteiger partial charge in [-0.05, 0) is 42.2 Å². The summed E-state index contributed by atoms with van der Waals surface area (Å²) in [7, 11) is 0. The third kappa shape index (κ3) is 7.62. The van der Waals surface area contributed by atoms with Crippen LogP contribution in [0.5, 0.6) is 0 Å². The fraction of sp³-hybridized carbons (Fsp3) is 0.381. The summed E-state index contributed by atoms with van der Waals surface area (Å²) in [5.41, 5.74) is 6.17. The van der Waals surface area contributed by atoms with Crippen molar-refractivity contribution >= 4 is 29.4 Å². The summed E-state index contributed by atoms with van der Waals surface area (Å²) in [4.78, 5) is 37.7. The molecule has 8 nitrogen and oxygen atoms in total. The number of nitrogens with zero attached hydrogens (tertiary/aromatic N) is 1. The van der Waals surface area contributed by atoms with Crippen LogP contribution in [0, 0.1) is 0 Å². The first-order chi connectivity index (χ1) is 16.6. The monoisotopic (exact) mass is 541 g/mol. The van der Waals surface area contributed by atoms with Crippen LogP contribution in [0.1, 0.15) is 40.0 Å². The SMILES string of the molecule is NCc1ccc(Cl)cc1CNC(=O)[C@@H]1CCCN1C(=O)c1cc(C(F)(F)F)c[nH]1.O=C([O-])C(F)(F)F. The lowest BCUT2D eigenvalue weighted by molar-refractivity contribution is -0.344. The Balaban J connectivity index is 0.000000572. The summed E-state index contributed by atoms with van der Waals surface area (Å²) in [6.07, 6.45) is -7.98. The second kappa shape index (κ2) is 11.6. The molecule has 1 aliphatic heterocycles. The summed E-state index contributed by atoms with van der Waals surface area (Å²) >= 11 is 5.99. The van der Waals surface area contributed by atoms with E-state index in [4.69, 9.17) is 27.2 Å². The first kappa shape index (κ1) is 29.0. The lowest BCUT2D eigenvalue weighted by atomic mass is 10.1. The van der Waals surface area contributed by atoms with Crippen molar-refractivity contribution < 1.29 is 45.8 Å². The van der Waals surface area contributed by atoms with Crippen LogP contribution in [0.3, 0.4) is 0 Å². The van der Waals surface area contributed by atoms with E-state index in [0.29, 0.717) is 24.4 Å². The second-order valence-corrected chi connectivity index (χ2v) is 8.01. The van der Waals surface area contributed by atoms with Gasteiger partial charge in [0.15, 0.2) is 0 Å². The fourth-order valence-electron chi connectivity index (χ4n) is 3.38. The van der Waals surface area contributed by atoms with E-state index in [1.54, 1.807) is 18.2 Å². The number of amides is 2. The maximum Gasteiger partial charge on any atom is 0.430 e. The number of hydrogen-bond donors (Lipinski definition) is 3. The van der Waals surface area contributed by atoms with Crippen LogP contribution in [0.4, 0.5) is 26.3 Å². The maximum absolute atomic E-state index is 12.8. The number of aliphatic carboxylic acids is 1. The molecule has 0 aliphatic carbocycles. The van der Waals surface area contributed by atoms with Crippen LogP contribution in [-0.2, 0) is 28.9 Å². The molecule has 15 heteroatoms. The maximum atomic E-state index is 12.8. The number of rotatable bonds is 5. The molecular formula is C21H20ClF6N4O4-. The minimum Gasteiger partial charge on any atom is -0.542 e. The zero-order valence-corrected chi connectivity index (χ0v) is 19.1. The first-order valence-electron chi connectivity index (χ1n) is 10.2. The number of nitrogens with one attached hydrogen (secondary N) is 2. The number of carboxylic acids is 1. The van der Waals surface area contributed by atoms with Gasteiger partial charge < -0.3 is 30.8 Å². The Morgan fingerprint density at radius 1 is 1.14 bits per heavy atom. The Bertz CT molecular complexity index is 1100. The van der Waals surface area contributed by atoms with Crippen LogP contribution in [0.15, 0.2) is 30.5 Å². The van der Waals surface area contributed by atoms with Gasteiger partial charge in [-0.1, -0.05) is 17.7 Å². The molecule has 1 atom stereocenters. The average molecular weight is 542 g/mol. The van der Waals surface area contributed by atoms with Gasteiger partial charge >= 0.3 is 12.4 Å². The van der Waals surface area contributed by atoms with Gasteiger partial charge in [0.2, 0.25) is 5.91 Å². The highest BCUT2D eigenvalue weighted by atomic mass is 35.5. The van der Waals surface area contributed by atoms with E-state index in [-0.39, 0.29) is 24.7 Å². The van der Waals surface area contributed by atoms with Gasteiger partial charge in [0.25, 0.3) is 5.91 Å². The topological polar surface area (TPSA) is 131 Å². The Morgan fingerprint density at radius 3 is 2.31 bits per heavy atom. The average Bonchev–Trinajstić information content (AvgIpc) is 3.47. The standard InChI is InChI=1S/C19H20ClF3N4O2.C2HF3O2/c20-14-4-3-11(8-24)12(6-14)9-26-17(28)16-2-1-5-27(16)18(29)15-7-13(10-25-15)19(21,22)23;3-2(4,5)1(6)7/h3-4,6-7,10,16,25H,1-2,5,8-9,24H2,(H,26,28);(H,6,7)/p-1/t16-;/m0./s1. The third-order valence-electron chi connectivity index (χ3n) is 5.13. The van der Waals surface area contributed by atoms with Crippen molar-refractivity contribution in [3.8, 4) is 0 Å². The minimum atomic E-state index is -5.19. The molecule has 1 aromatic carbocycles. The molecule has 1 saturated heterocycles. The van der Waals surface area contributed by atoms with E-state index in [1.807, 2.05) is 0 Å². The van der Waals surface area contributed by atoms with Gasteiger partial charge in [-0.25, -0.2) is 0 Å². The molecule has 2 heterocycles. The second-order valence-electron chi connectivity index (χ2n) is 7.58. The Kier molecular flexibility index (Phi) is 9.38. The number of carboxylic acid groups (broad SMARTS) is 1. The van der Waals surface area contributed by atoms with Crippen molar-refractivity contribution in [2.75, 3.05) is 6.54 Å². The molecule has 0 radical (unpaired) electrons. The summed E-state index contributed by atoms with van der Waals surface area (Å²) < 4.78 is 69.9. The van der Waals surface area contributed by atoms with E-state index in [1.165, 1.54) is 4.90 Å². The van der Waals surface area contributed by atoms with Crippen molar-refractivity contribution in [2.45, 2.75) is 44.3 Å². The predicted octanol–water partition coefficient (Wildman–Crippen LogP) is 2.37. The predicted molar refractivity (Wildman–Crippen MR) is 112 cm³/mol. The van der Waals surface area contributed by atoms with Crippen LogP contribution < -0.4 is 16.2 Å². The molecule has 2 amide bonds. The zero-order chi connectivity index (χ0) is 27.3. The minimum absolute atomic E-state index is 0.186. The zero-order valence-electron chi connectivity index (χ0n) is 18.3. The lowest BCUT2D eigenvalue weighted by Crippen LogP contribution is -2.45. The molecule has 0 saturated carbocycles. The number of carbonyl (C=O) groups is 3. The molecule has 0 unspecified atom stereocenters. The molecular weight excluding hydrogens is 522 g/mol. The Morgan fingerprint density at radius 2 is 1.78 bits per heavy atom. The first-order valence-corrected chi connectivity index (χ1v) is 10.6. The molecule has 2 aromatic rings. The summed E-state index contributed by atoms with van der Waals surface area (Å²) in [5.74, 6) is -4.02. The molecule has 0 bridgehead atoms. The number of likely N-dealkylation sites (tertiary alicyclic amines) is 1. The van der Waals surface area contributed by atoms with Crippen LogP contribution in [0.25, 0.3) is 0 Å². The molecule has 198 valence electrons. The quantitative estimate of drug-likeness (QED) is 0.500. The number of alkyl halides is 6. The highest BCUT2D eigenvalue weighted by Gasteiger charge is 2.37. The van der Waals surface area contributed by atoms with E-state index in [9.17, 15) is 35.9 Å². The number of nitrogens with two attached hydrogens (primary N) is 1. The van der Waals surface area contributed by atoms with Crippen molar-refractivity contribution in [3.05, 3.63) is 57.9 Å². The highest BCUT2D eigenvalue weighted by molar-refractivity contribution is 6.30. The van der Waals surface area contributed by atoms with Crippen molar-refractivity contribution in [3.63, 3.8) is 0 Å². The molecule has 0 spiro atoms. The normalized spacial score (nSPS) is 15.8. The number of carbonyl (C=O) groups excluding carboxylic acids is 3. The van der Waals surface area contributed by atoms with Crippen molar-refractivity contribution in [1.29, 1.82) is 0 Å². The van der Waals surface area contributed by atoms with Crippen molar-refractivity contribution in [2.24, 2.45) is 5.73 Å².